The molecule has 2 heteroatoms. The van der Waals surface area contributed by atoms with Crippen LogP contribution >= 0.6 is 0 Å². The van der Waals surface area contributed by atoms with Crippen LogP contribution in [0.2, 0.25) is 0 Å². The minimum absolute atomic E-state index is 1.13. The van der Waals surface area contributed by atoms with Gasteiger partial charge in [0.1, 0.15) is 0 Å². The van der Waals surface area contributed by atoms with Crippen molar-refractivity contribution in [3.8, 4) is 22.3 Å². The van der Waals surface area contributed by atoms with Crippen molar-refractivity contribution in [3.05, 3.63) is 206 Å². The van der Waals surface area contributed by atoms with Crippen LogP contribution in [-0.4, -0.2) is 0 Å². The highest BCUT2D eigenvalue weighted by atomic mass is 15.1. The van der Waals surface area contributed by atoms with Crippen LogP contribution in [0.15, 0.2) is 206 Å². The van der Waals surface area contributed by atoms with Crippen molar-refractivity contribution in [1.29, 1.82) is 0 Å². The van der Waals surface area contributed by atoms with Gasteiger partial charge in [0.05, 0.1) is 0 Å². The predicted octanol–water partition coefficient (Wildman–Crippen LogP) is 13.1. The summed E-state index contributed by atoms with van der Waals surface area (Å²) >= 11 is 0. The van der Waals surface area contributed by atoms with E-state index in [9.17, 15) is 0 Å². The smallest absolute Gasteiger partial charge is 0.0462 e. The van der Waals surface area contributed by atoms with Gasteiger partial charge in [0.25, 0.3) is 0 Å². The highest BCUT2D eigenvalue weighted by Crippen LogP contribution is 2.37. The Morgan fingerprint density at radius 3 is 0.750 bits per heavy atom. The summed E-state index contributed by atoms with van der Waals surface area (Å²) in [6.07, 6.45) is 0. The molecule has 8 rings (SSSR count). The fourth-order valence-corrected chi connectivity index (χ4v) is 6.41. The van der Waals surface area contributed by atoms with Crippen molar-refractivity contribution in [3.63, 3.8) is 0 Å². The molecule has 0 N–H and O–H groups in total. The summed E-state index contributed by atoms with van der Waals surface area (Å²) in [5, 5.41) is 2.46. The van der Waals surface area contributed by atoms with E-state index in [-0.39, 0.29) is 0 Å². The zero-order valence-corrected chi connectivity index (χ0v) is 26.5. The number of benzene rings is 8. The molecule has 0 heterocycles. The SMILES string of the molecule is c1ccc(N(c2ccccc2)c2ccc(-c3ccc4cc(-c5ccc(N(c6ccccc6)c6ccccc6)cc5)ccc4c3)cc2)cc1. The molecule has 0 aliphatic rings. The lowest BCUT2D eigenvalue weighted by Gasteiger charge is -2.25. The average molecular weight is 615 g/mol. The summed E-state index contributed by atoms with van der Waals surface area (Å²) in [6, 6.07) is 73.4. The molecule has 8 aromatic carbocycles. The standard InChI is InChI=1S/C46H34N2/c1-5-13-41(14-6-1)47(42-15-7-2-8-16-42)45-29-25-35(26-30-45)37-21-23-40-34-38(22-24-39(40)33-37)36-27-31-46(32-28-36)48(43-17-9-3-10-18-43)44-19-11-4-12-20-44/h1-34H. The van der Waals surface area contributed by atoms with Crippen molar-refractivity contribution in [2.45, 2.75) is 0 Å². The second-order valence-electron chi connectivity index (χ2n) is 11.9. The quantitative estimate of drug-likeness (QED) is 0.168. The molecule has 0 amide bonds. The normalized spacial score (nSPS) is 10.9. The van der Waals surface area contributed by atoms with E-state index in [1.165, 1.54) is 33.0 Å². The van der Waals surface area contributed by atoms with Gasteiger partial charge in [-0.25, -0.2) is 0 Å². The first kappa shape index (κ1) is 29.1. The predicted molar refractivity (Wildman–Crippen MR) is 204 cm³/mol. The number of fused-ring (bicyclic) bond motifs is 1. The molecule has 0 aliphatic carbocycles. The third-order valence-electron chi connectivity index (χ3n) is 8.82. The average Bonchev–Trinajstić information content (AvgIpc) is 3.17. The molecule has 2 nitrogen and oxygen atoms in total. The molecule has 0 atom stereocenters. The first-order valence-corrected chi connectivity index (χ1v) is 16.4. The number of hydrogen-bond donors (Lipinski definition) is 0. The van der Waals surface area contributed by atoms with E-state index in [4.69, 9.17) is 0 Å². The zero-order valence-electron chi connectivity index (χ0n) is 26.5. The van der Waals surface area contributed by atoms with Gasteiger partial charge in [0.2, 0.25) is 0 Å². The van der Waals surface area contributed by atoms with Crippen LogP contribution in [0.3, 0.4) is 0 Å². The van der Waals surface area contributed by atoms with Crippen LogP contribution in [-0.2, 0) is 0 Å². The Balaban J connectivity index is 1.05. The minimum atomic E-state index is 1.13. The van der Waals surface area contributed by atoms with Gasteiger partial charge >= 0.3 is 0 Å². The molecule has 0 saturated carbocycles. The summed E-state index contributed by atoms with van der Waals surface area (Å²) < 4.78 is 0. The maximum atomic E-state index is 2.29. The second-order valence-corrected chi connectivity index (χ2v) is 11.9. The highest BCUT2D eigenvalue weighted by molar-refractivity contribution is 5.91. The van der Waals surface area contributed by atoms with Gasteiger partial charge in [-0.1, -0.05) is 121 Å². The van der Waals surface area contributed by atoms with E-state index in [1.54, 1.807) is 0 Å². The number of anilines is 6. The lowest BCUT2D eigenvalue weighted by molar-refractivity contribution is 1.28. The molecular weight excluding hydrogens is 581 g/mol. The third-order valence-corrected chi connectivity index (χ3v) is 8.82. The zero-order chi connectivity index (χ0) is 32.1. The Morgan fingerprint density at radius 2 is 0.458 bits per heavy atom. The van der Waals surface area contributed by atoms with Crippen LogP contribution < -0.4 is 9.80 Å². The molecule has 0 radical (unpaired) electrons. The van der Waals surface area contributed by atoms with Crippen LogP contribution in [0.5, 0.6) is 0 Å². The Kier molecular flexibility index (Phi) is 7.96. The van der Waals surface area contributed by atoms with Gasteiger partial charge in [0, 0.05) is 34.1 Å². The van der Waals surface area contributed by atoms with E-state index < -0.39 is 0 Å². The lowest BCUT2D eigenvalue weighted by atomic mass is 9.97. The first-order valence-electron chi connectivity index (χ1n) is 16.4. The van der Waals surface area contributed by atoms with Gasteiger partial charge < -0.3 is 9.80 Å². The lowest BCUT2D eigenvalue weighted by Crippen LogP contribution is -2.09. The first-order chi connectivity index (χ1) is 23.8. The molecule has 0 bridgehead atoms. The van der Waals surface area contributed by atoms with Crippen LogP contribution in [0.4, 0.5) is 34.1 Å². The van der Waals surface area contributed by atoms with Gasteiger partial charge in [-0.3, -0.25) is 0 Å². The maximum Gasteiger partial charge on any atom is 0.0462 e. The number of nitrogens with zero attached hydrogens (tertiary/aromatic N) is 2. The molecule has 0 unspecified atom stereocenters. The van der Waals surface area contributed by atoms with Crippen molar-refractivity contribution in [1.82, 2.24) is 0 Å². The van der Waals surface area contributed by atoms with Crippen molar-refractivity contribution in [2.75, 3.05) is 9.80 Å². The molecule has 0 fully saturated rings. The molecule has 0 aliphatic heterocycles. The second kappa shape index (κ2) is 13.2. The molecule has 0 aromatic heterocycles. The largest absolute Gasteiger partial charge is 0.311 e. The maximum absolute atomic E-state index is 2.29. The van der Waals surface area contributed by atoms with E-state index in [2.05, 4.69) is 216 Å². The van der Waals surface area contributed by atoms with Crippen molar-refractivity contribution < 1.29 is 0 Å². The van der Waals surface area contributed by atoms with Crippen molar-refractivity contribution >= 4 is 44.9 Å². The van der Waals surface area contributed by atoms with Crippen LogP contribution in [0.1, 0.15) is 0 Å². The van der Waals surface area contributed by atoms with Crippen molar-refractivity contribution in [2.24, 2.45) is 0 Å². The Morgan fingerprint density at radius 1 is 0.208 bits per heavy atom. The topological polar surface area (TPSA) is 6.48 Å². The van der Waals surface area contributed by atoms with Gasteiger partial charge in [-0.2, -0.15) is 0 Å². The van der Waals surface area contributed by atoms with Gasteiger partial charge in [0.15, 0.2) is 0 Å². The summed E-state index contributed by atoms with van der Waals surface area (Å²) in [4.78, 5) is 4.58. The number of hydrogen-bond acceptors (Lipinski definition) is 2. The molecular formula is C46H34N2. The van der Waals surface area contributed by atoms with Crippen LogP contribution in [0.25, 0.3) is 33.0 Å². The Labute approximate surface area is 282 Å². The Hall–Kier alpha value is -6.38. The summed E-state index contributed by atoms with van der Waals surface area (Å²) in [7, 11) is 0. The van der Waals surface area contributed by atoms with E-state index in [1.807, 2.05) is 0 Å². The summed E-state index contributed by atoms with van der Waals surface area (Å²) in [6.45, 7) is 0. The summed E-state index contributed by atoms with van der Waals surface area (Å²) in [5.41, 5.74) is 11.6. The fourth-order valence-electron chi connectivity index (χ4n) is 6.41. The molecule has 0 spiro atoms. The van der Waals surface area contributed by atoms with Crippen LogP contribution in [0, 0.1) is 0 Å². The van der Waals surface area contributed by atoms with E-state index in [0.717, 1.165) is 34.1 Å². The van der Waals surface area contributed by atoms with E-state index >= 15 is 0 Å². The Bertz CT molecular complexity index is 2000. The number of para-hydroxylation sites is 4. The monoisotopic (exact) mass is 614 g/mol. The molecule has 228 valence electrons. The fraction of sp³-hybridized carbons (Fsp3) is 0. The third kappa shape index (κ3) is 5.95. The highest BCUT2D eigenvalue weighted by Gasteiger charge is 2.14. The molecule has 0 saturated heterocycles. The minimum Gasteiger partial charge on any atom is -0.311 e. The van der Waals surface area contributed by atoms with Gasteiger partial charge in [-0.05, 0) is 118 Å². The van der Waals surface area contributed by atoms with E-state index in [0.29, 0.717) is 0 Å². The molecule has 8 aromatic rings. The summed E-state index contributed by atoms with van der Waals surface area (Å²) in [5.74, 6) is 0. The van der Waals surface area contributed by atoms with Gasteiger partial charge in [-0.15, -0.1) is 0 Å². The molecule has 48 heavy (non-hydrogen) atoms. The number of rotatable bonds is 8.